The molecule has 0 radical (unpaired) electrons. The van der Waals surface area contributed by atoms with E-state index in [-0.39, 0.29) is 6.03 Å². The SMILES string of the molecule is CC(C)N1CCC(N2CC3CCCCC3NC2=O)CC1. The number of fused-ring (bicyclic) bond motifs is 1. The first-order valence-electron chi connectivity index (χ1n) is 8.46. The second-order valence-electron chi connectivity index (χ2n) is 7.11. The van der Waals surface area contributed by atoms with Gasteiger partial charge in [-0.15, -0.1) is 0 Å². The van der Waals surface area contributed by atoms with Crippen molar-refractivity contribution in [2.75, 3.05) is 19.6 Å². The van der Waals surface area contributed by atoms with E-state index in [4.69, 9.17) is 0 Å². The van der Waals surface area contributed by atoms with Crippen LogP contribution in [0.15, 0.2) is 0 Å². The van der Waals surface area contributed by atoms with Crippen LogP contribution in [0.5, 0.6) is 0 Å². The van der Waals surface area contributed by atoms with Gasteiger partial charge in [-0.2, -0.15) is 0 Å². The van der Waals surface area contributed by atoms with Crippen LogP contribution in [0.1, 0.15) is 52.4 Å². The Kier molecular flexibility index (Phi) is 4.20. The summed E-state index contributed by atoms with van der Waals surface area (Å²) in [5.74, 6) is 0.699. The quantitative estimate of drug-likeness (QED) is 0.843. The fraction of sp³-hybridized carbons (Fsp3) is 0.938. The van der Waals surface area contributed by atoms with Crippen LogP contribution in [0.4, 0.5) is 4.79 Å². The Morgan fingerprint density at radius 1 is 1.10 bits per heavy atom. The molecule has 0 aromatic heterocycles. The van der Waals surface area contributed by atoms with E-state index < -0.39 is 0 Å². The number of amides is 2. The number of nitrogens with zero attached hydrogens (tertiary/aromatic N) is 2. The Morgan fingerprint density at radius 3 is 2.50 bits per heavy atom. The number of urea groups is 1. The number of carbonyl (C=O) groups excluding carboxylic acids is 1. The van der Waals surface area contributed by atoms with Crippen molar-refractivity contribution >= 4 is 6.03 Å². The number of hydrogen-bond donors (Lipinski definition) is 1. The van der Waals surface area contributed by atoms with E-state index >= 15 is 0 Å². The predicted molar refractivity (Wildman–Crippen MR) is 80.7 cm³/mol. The van der Waals surface area contributed by atoms with Crippen molar-refractivity contribution < 1.29 is 4.79 Å². The second-order valence-corrected chi connectivity index (χ2v) is 7.11. The van der Waals surface area contributed by atoms with Gasteiger partial charge in [-0.1, -0.05) is 12.8 Å². The molecule has 0 bridgehead atoms. The van der Waals surface area contributed by atoms with Crippen LogP contribution in [0.25, 0.3) is 0 Å². The summed E-state index contributed by atoms with van der Waals surface area (Å²) in [6.45, 7) is 7.81. The highest BCUT2D eigenvalue weighted by Gasteiger charge is 2.38. The van der Waals surface area contributed by atoms with Crippen LogP contribution in [0, 0.1) is 5.92 Å². The van der Waals surface area contributed by atoms with Gasteiger partial charge in [-0.25, -0.2) is 4.79 Å². The van der Waals surface area contributed by atoms with Crippen molar-refractivity contribution in [3.8, 4) is 0 Å². The van der Waals surface area contributed by atoms with Crippen molar-refractivity contribution in [3.63, 3.8) is 0 Å². The maximum absolute atomic E-state index is 12.4. The zero-order chi connectivity index (χ0) is 14.1. The van der Waals surface area contributed by atoms with Crippen LogP contribution < -0.4 is 5.32 Å². The lowest BCUT2D eigenvalue weighted by Gasteiger charge is -2.47. The van der Waals surface area contributed by atoms with Crippen molar-refractivity contribution in [2.45, 2.75) is 70.5 Å². The largest absolute Gasteiger partial charge is 0.335 e. The molecule has 1 N–H and O–H groups in total. The maximum atomic E-state index is 12.4. The maximum Gasteiger partial charge on any atom is 0.317 e. The number of hydrogen-bond acceptors (Lipinski definition) is 2. The van der Waals surface area contributed by atoms with E-state index in [1.807, 2.05) is 0 Å². The van der Waals surface area contributed by atoms with Gasteiger partial charge in [0.1, 0.15) is 0 Å². The monoisotopic (exact) mass is 279 g/mol. The van der Waals surface area contributed by atoms with Crippen molar-refractivity contribution in [1.82, 2.24) is 15.1 Å². The van der Waals surface area contributed by atoms with Crippen molar-refractivity contribution in [1.29, 1.82) is 0 Å². The summed E-state index contributed by atoms with van der Waals surface area (Å²) in [5.41, 5.74) is 0. The van der Waals surface area contributed by atoms with E-state index in [0.29, 0.717) is 24.0 Å². The van der Waals surface area contributed by atoms with Crippen LogP contribution in [0.2, 0.25) is 0 Å². The normalized spacial score (nSPS) is 33.1. The molecule has 0 aromatic rings. The molecule has 1 aliphatic carbocycles. The summed E-state index contributed by atoms with van der Waals surface area (Å²) in [6, 6.07) is 1.76. The highest BCUT2D eigenvalue weighted by atomic mass is 16.2. The molecule has 4 heteroatoms. The molecule has 114 valence electrons. The molecule has 20 heavy (non-hydrogen) atoms. The fourth-order valence-corrected chi connectivity index (χ4v) is 4.22. The van der Waals surface area contributed by atoms with Gasteiger partial charge in [-0.05, 0) is 45.4 Å². The Hall–Kier alpha value is -0.770. The minimum atomic E-state index is 0.205. The number of nitrogens with one attached hydrogen (secondary N) is 1. The lowest BCUT2D eigenvalue weighted by molar-refractivity contribution is 0.0661. The third-order valence-electron chi connectivity index (χ3n) is 5.58. The van der Waals surface area contributed by atoms with Gasteiger partial charge >= 0.3 is 6.03 Å². The Labute approximate surface area is 122 Å². The molecule has 2 amide bonds. The molecule has 1 saturated carbocycles. The first-order valence-corrected chi connectivity index (χ1v) is 8.46. The third kappa shape index (κ3) is 2.80. The summed E-state index contributed by atoms with van der Waals surface area (Å²) in [4.78, 5) is 17.1. The molecular weight excluding hydrogens is 250 g/mol. The molecule has 2 heterocycles. The number of piperidine rings is 1. The molecule has 3 fully saturated rings. The molecule has 3 rings (SSSR count). The highest BCUT2D eigenvalue weighted by molar-refractivity contribution is 5.76. The van der Waals surface area contributed by atoms with E-state index in [9.17, 15) is 4.79 Å². The van der Waals surface area contributed by atoms with Gasteiger partial charge in [0.15, 0.2) is 0 Å². The minimum Gasteiger partial charge on any atom is -0.335 e. The van der Waals surface area contributed by atoms with Gasteiger partial charge < -0.3 is 15.1 Å². The zero-order valence-electron chi connectivity index (χ0n) is 13.0. The Morgan fingerprint density at radius 2 is 1.80 bits per heavy atom. The summed E-state index contributed by atoms with van der Waals surface area (Å²) in [5, 5.41) is 3.27. The van der Waals surface area contributed by atoms with E-state index in [2.05, 4.69) is 29.0 Å². The highest BCUT2D eigenvalue weighted by Crippen LogP contribution is 2.30. The average molecular weight is 279 g/mol. The summed E-state index contributed by atoms with van der Waals surface area (Å²) in [6.07, 6.45) is 7.40. The predicted octanol–water partition coefficient (Wildman–Crippen LogP) is 2.44. The number of likely N-dealkylation sites (tertiary alicyclic amines) is 1. The topological polar surface area (TPSA) is 35.6 Å². The molecule has 4 nitrogen and oxygen atoms in total. The first kappa shape index (κ1) is 14.2. The summed E-state index contributed by atoms with van der Waals surface area (Å²) < 4.78 is 0. The van der Waals surface area contributed by atoms with Gasteiger partial charge in [0.05, 0.1) is 0 Å². The first-order chi connectivity index (χ1) is 9.65. The fourth-order valence-electron chi connectivity index (χ4n) is 4.22. The van der Waals surface area contributed by atoms with E-state index in [0.717, 1.165) is 32.5 Å². The van der Waals surface area contributed by atoms with Crippen LogP contribution >= 0.6 is 0 Å². The van der Waals surface area contributed by atoms with E-state index in [1.165, 1.54) is 25.7 Å². The third-order valence-corrected chi connectivity index (χ3v) is 5.58. The molecule has 2 unspecified atom stereocenters. The van der Waals surface area contributed by atoms with Crippen molar-refractivity contribution in [3.05, 3.63) is 0 Å². The van der Waals surface area contributed by atoms with Gasteiger partial charge in [-0.3, -0.25) is 0 Å². The Balaban J connectivity index is 1.58. The minimum absolute atomic E-state index is 0.205. The lowest BCUT2D eigenvalue weighted by atomic mass is 9.82. The van der Waals surface area contributed by atoms with Gasteiger partial charge in [0.2, 0.25) is 0 Å². The smallest absolute Gasteiger partial charge is 0.317 e. The number of rotatable bonds is 2. The lowest BCUT2D eigenvalue weighted by Crippen LogP contribution is -2.61. The molecule has 0 spiro atoms. The van der Waals surface area contributed by atoms with Crippen LogP contribution in [-0.4, -0.2) is 53.6 Å². The zero-order valence-corrected chi connectivity index (χ0v) is 13.0. The molecule has 2 saturated heterocycles. The number of carbonyl (C=O) groups is 1. The molecule has 0 aromatic carbocycles. The molecule has 3 aliphatic rings. The second kappa shape index (κ2) is 5.92. The van der Waals surface area contributed by atoms with Gasteiger partial charge in [0, 0.05) is 37.8 Å². The van der Waals surface area contributed by atoms with E-state index in [1.54, 1.807) is 0 Å². The Bertz CT molecular complexity index is 350. The van der Waals surface area contributed by atoms with Crippen molar-refractivity contribution in [2.24, 2.45) is 5.92 Å². The standard InChI is InChI=1S/C16H29N3O/c1-12(2)18-9-7-14(8-10-18)19-11-13-5-3-4-6-15(13)17-16(19)20/h12-15H,3-11H2,1-2H3,(H,17,20). The molecule has 2 aliphatic heterocycles. The van der Waals surface area contributed by atoms with Crippen LogP contribution in [0.3, 0.4) is 0 Å². The summed E-state index contributed by atoms with van der Waals surface area (Å²) >= 11 is 0. The molecular formula is C16H29N3O. The van der Waals surface area contributed by atoms with Gasteiger partial charge in [0.25, 0.3) is 0 Å². The average Bonchev–Trinajstić information content (AvgIpc) is 2.46. The van der Waals surface area contributed by atoms with Crippen LogP contribution in [-0.2, 0) is 0 Å². The summed E-state index contributed by atoms with van der Waals surface area (Å²) in [7, 11) is 0. The molecule has 2 atom stereocenters.